The predicted molar refractivity (Wildman–Crippen MR) is 90.9 cm³/mol. The molecule has 7 heteroatoms. The number of benzene rings is 2. The molecule has 0 unspecified atom stereocenters. The number of hydrogen-bond acceptors (Lipinski definition) is 5. The smallest absolute Gasteiger partial charge is 0.307 e. The third-order valence-electron chi connectivity index (χ3n) is 3.32. The molecule has 0 bridgehead atoms. The molecule has 0 fully saturated rings. The molecule has 0 saturated heterocycles. The SMILES string of the molecule is COc1cccc(/C=N\NC(=O)c2cc3cc(Cl)ccc3o2)c1O. The van der Waals surface area contributed by atoms with Crippen LogP contribution in [0.3, 0.4) is 0 Å². The average molecular weight is 345 g/mol. The van der Waals surface area contributed by atoms with E-state index < -0.39 is 5.91 Å². The van der Waals surface area contributed by atoms with Gasteiger partial charge in [0.2, 0.25) is 0 Å². The van der Waals surface area contributed by atoms with Crippen LogP contribution in [0.25, 0.3) is 11.0 Å². The molecule has 3 aromatic rings. The number of halogens is 1. The summed E-state index contributed by atoms with van der Waals surface area (Å²) in [7, 11) is 1.45. The van der Waals surface area contributed by atoms with Crippen molar-refractivity contribution in [3.63, 3.8) is 0 Å². The number of phenolic OH excluding ortho intramolecular Hbond substituents is 1. The van der Waals surface area contributed by atoms with E-state index in [1.807, 2.05) is 0 Å². The molecule has 0 radical (unpaired) electrons. The summed E-state index contributed by atoms with van der Waals surface area (Å²) in [6.07, 6.45) is 1.31. The average Bonchev–Trinajstić information content (AvgIpc) is 2.99. The Bertz CT molecular complexity index is 933. The van der Waals surface area contributed by atoms with Crippen molar-refractivity contribution in [1.82, 2.24) is 5.43 Å². The first-order valence-corrected chi connectivity index (χ1v) is 7.35. The van der Waals surface area contributed by atoms with Crippen LogP contribution in [0.1, 0.15) is 16.1 Å². The molecular weight excluding hydrogens is 332 g/mol. The summed E-state index contributed by atoms with van der Waals surface area (Å²) >= 11 is 5.90. The van der Waals surface area contributed by atoms with Gasteiger partial charge in [-0.3, -0.25) is 4.79 Å². The summed E-state index contributed by atoms with van der Waals surface area (Å²) in [6, 6.07) is 11.6. The maximum absolute atomic E-state index is 12.1. The summed E-state index contributed by atoms with van der Waals surface area (Å²) in [4.78, 5) is 12.1. The highest BCUT2D eigenvalue weighted by molar-refractivity contribution is 6.31. The van der Waals surface area contributed by atoms with Gasteiger partial charge < -0.3 is 14.3 Å². The van der Waals surface area contributed by atoms with Gasteiger partial charge in [0.1, 0.15) is 5.58 Å². The lowest BCUT2D eigenvalue weighted by atomic mass is 10.2. The Hall–Kier alpha value is -2.99. The number of ether oxygens (including phenoxy) is 1. The second-order valence-corrected chi connectivity index (χ2v) is 5.33. The predicted octanol–water partition coefficient (Wildman–Crippen LogP) is 3.56. The Balaban J connectivity index is 1.74. The maximum atomic E-state index is 12.1. The van der Waals surface area contributed by atoms with Crippen molar-refractivity contribution in [2.75, 3.05) is 7.11 Å². The van der Waals surface area contributed by atoms with Crippen molar-refractivity contribution in [2.24, 2.45) is 5.10 Å². The van der Waals surface area contributed by atoms with Crippen molar-refractivity contribution in [3.8, 4) is 11.5 Å². The van der Waals surface area contributed by atoms with E-state index in [9.17, 15) is 9.90 Å². The number of hydrazone groups is 1. The van der Waals surface area contributed by atoms with E-state index in [0.29, 0.717) is 21.9 Å². The summed E-state index contributed by atoms with van der Waals surface area (Å²) in [6.45, 7) is 0. The van der Waals surface area contributed by atoms with E-state index in [1.165, 1.54) is 13.3 Å². The van der Waals surface area contributed by atoms with Crippen molar-refractivity contribution in [2.45, 2.75) is 0 Å². The number of furan rings is 1. The molecule has 6 nitrogen and oxygen atoms in total. The molecular formula is C17H13ClN2O4. The Labute approximate surface area is 142 Å². The van der Waals surface area contributed by atoms with Gasteiger partial charge in [0.15, 0.2) is 17.3 Å². The number of carbonyl (C=O) groups is 1. The highest BCUT2D eigenvalue weighted by Gasteiger charge is 2.12. The lowest BCUT2D eigenvalue weighted by Gasteiger charge is -2.04. The number of methoxy groups -OCH3 is 1. The molecule has 0 aliphatic rings. The van der Waals surface area contributed by atoms with Crippen LogP contribution < -0.4 is 10.2 Å². The van der Waals surface area contributed by atoms with Crippen LogP contribution in [0, 0.1) is 0 Å². The number of nitrogens with one attached hydrogen (secondary N) is 1. The minimum Gasteiger partial charge on any atom is -0.504 e. The molecule has 24 heavy (non-hydrogen) atoms. The van der Waals surface area contributed by atoms with Crippen LogP contribution in [0.15, 0.2) is 52.0 Å². The lowest BCUT2D eigenvalue weighted by Crippen LogP contribution is -2.16. The second kappa shape index (κ2) is 6.64. The third-order valence-corrected chi connectivity index (χ3v) is 3.56. The van der Waals surface area contributed by atoms with E-state index in [-0.39, 0.29) is 11.5 Å². The van der Waals surface area contributed by atoms with Crippen molar-refractivity contribution < 1.29 is 19.1 Å². The van der Waals surface area contributed by atoms with Gasteiger partial charge in [-0.15, -0.1) is 0 Å². The van der Waals surface area contributed by atoms with E-state index in [0.717, 1.165) is 5.39 Å². The molecule has 0 spiro atoms. The fourth-order valence-corrected chi connectivity index (χ4v) is 2.33. The van der Waals surface area contributed by atoms with Crippen molar-refractivity contribution >= 4 is 34.7 Å². The number of phenols is 1. The first kappa shape index (κ1) is 15.9. The van der Waals surface area contributed by atoms with Crippen molar-refractivity contribution in [1.29, 1.82) is 0 Å². The zero-order chi connectivity index (χ0) is 17.1. The molecule has 0 aliphatic carbocycles. The van der Waals surface area contributed by atoms with E-state index in [1.54, 1.807) is 42.5 Å². The zero-order valence-corrected chi connectivity index (χ0v) is 13.4. The van der Waals surface area contributed by atoms with Crippen molar-refractivity contribution in [3.05, 3.63) is 58.8 Å². The summed E-state index contributed by atoms with van der Waals surface area (Å²) in [5.41, 5.74) is 3.30. The molecule has 0 atom stereocenters. The zero-order valence-electron chi connectivity index (χ0n) is 12.6. The number of hydrogen-bond donors (Lipinski definition) is 2. The molecule has 1 amide bonds. The van der Waals surface area contributed by atoms with Gasteiger partial charge in [0.05, 0.1) is 13.3 Å². The van der Waals surface area contributed by atoms with E-state index in [4.69, 9.17) is 20.8 Å². The number of rotatable bonds is 4. The van der Waals surface area contributed by atoms with Crippen LogP contribution in [0.4, 0.5) is 0 Å². The number of nitrogens with zero attached hydrogens (tertiary/aromatic N) is 1. The highest BCUT2D eigenvalue weighted by atomic mass is 35.5. The van der Waals surface area contributed by atoms with Gasteiger partial charge in [-0.25, -0.2) is 5.43 Å². The lowest BCUT2D eigenvalue weighted by molar-refractivity contribution is 0.0929. The van der Waals surface area contributed by atoms with Crippen LogP contribution >= 0.6 is 11.6 Å². The second-order valence-electron chi connectivity index (χ2n) is 4.89. The standard InChI is InChI=1S/C17H13ClN2O4/c1-23-14-4-2-3-10(16(14)21)9-19-20-17(22)15-8-11-7-12(18)5-6-13(11)24-15/h2-9,21H,1H3,(H,20,22)/b19-9-. The van der Waals surface area contributed by atoms with Crippen LogP contribution in [-0.2, 0) is 0 Å². The van der Waals surface area contributed by atoms with Gasteiger partial charge >= 0.3 is 5.91 Å². The van der Waals surface area contributed by atoms with Gasteiger partial charge in [-0.05, 0) is 36.4 Å². The maximum Gasteiger partial charge on any atom is 0.307 e. The molecule has 0 aliphatic heterocycles. The van der Waals surface area contributed by atoms with E-state index in [2.05, 4.69) is 10.5 Å². The molecule has 1 aromatic heterocycles. The van der Waals surface area contributed by atoms with Crippen LogP contribution in [0.5, 0.6) is 11.5 Å². The largest absolute Gasteiger partial charge is 0.504 e. The van der Waals surface area contributed by atoms with E-state index >= 15 is 0 Å². The number of amides is 1. The fourth-order valence-electron chi connectivity index (χ4n) is 2.15. The van der Waals surface area contributed by atoms with Crippen LogP contribution in [-0.4, -0.2) is 24.3 Å². The Morgan fingerprint density at radius 2 is 2.17 bits per heavy atom. The fraction of sp³-hybridized carbons (Fsp3) is 0.0588. The molecule has 2 aromatic carbocycles. The number of aromatic hydroxyl groups is 1. The molecule has 2 N–H and O–H groups in total. The highest BCUT2D eigenvalue weighted by Crippen LogP contribution is 2.28. The topological polar surface area (TPSA) is 84.1 Å². The quantitative estimate of drug-likeness (QED) is 0.560. The van der Waals surface area contributed by atoms with Gasteiger partial charge in [-0.1, -0.05) is 17.7 Å². The van der Waals surface area contributed by atoms with Gasteiger partial charge in [0, 0.05) is 16.0 Å². The minimum absolute atomic E-state index is 0.0589. The number of para-hydroxylation sites is 1. The molecule has 0 saturated carbocycles. The first-order valence-electron chi connectivity index (χ1n) is 6.97. The molecule has 3 rings (SSSR count). The van der Waals surface area contributed by atoms with Crippen LogP contribution in [0.2, 0.25) is 5.02 Å². The Kier molecular flexibility index (Phi) is 4.39. The monoisotopic (exact) mass is 344 g/mol. The molecule has 1 heterocycles. The first-order chi connectivity index (χ1) is 11.6. The third kappa shape index (κ3) is 3.18. The number of fused-ring (bicyclic) bond motifs is 1. The summed E-state index contributed by atoms with van der Waals surface area (Å²) in [5, 5.41) is 15.0. The van der Waals surface area contributed by atoms with Gasteiger partial charge in [-0.2, -0.15) is 5.10 Å². The van der Waals surface area contributed by atoms with Gasteiger partial charge in [0.25, 0.3) is 0 Å². The normalized spacial score (nSPS) is 11.1. The minimum atomic E-state index is -0.513. The Morgan fingerprint density at radius 3 is 2.96 bits per heavy atom. The summed E-state index contributed by atoms with van der Waals surface area (Å²) in [5.74, 6) is -0.143. The Morgan fingerprint density at radius 1 is 1.33 bits per heavy atom. The summed E-state index contributed by atoms with van der Waals surface area (Å²) < 4.78 is 10.4. The molecule has 122 valence electrons. The number of carbonyl (C=O) groups excluding carboxylic acids is 1.